The first-order valence-electron chi connectivity index (χ1n) is 6.69. The molecule has 2 fully saturated rings. The number of carbonyl (C=O) groups excluding carboxylic acids is 1. The van der Waals surface area contributed by atoms with Gasteiger partial charge in [0.1, 0.15) is 0 Å². The van der Waals surface area contributed by atoms with Gasteiger partial charge in [0.15, 0.2) is 0 Å². The zero-order valence-electron chi connectivity index (χ0n) is 10.3. The van der Waals surface area contributed by atoms with Gasteiger partial charge in [-0.25, -0.2) is 0 Å². The van der Waals surface area contributed by atoms with Gasteiger partial charge in [0.25, 0.3) is 0 Å². The third-order valence-electron chi connectivity index (χ3n) is 4.60. The number of fused-ring (bicyclic) bond motifs is 3. The molecule has 2 unspecified atom stereocenters. The number of rotatable bonds is 1. The lowest BCUT2D eigenvalue weighted by molar-refractivity contribution is -0.115. The van der Waals surface area contributed by atoms with Gasteiger partial charge in [-0.05, 0) is 42.9 Å². The summed E-state index contributed by atoms with van der Waals surface area (Å²) in [7, 11) is 0. The fraction of sp³-hybridized carbons (Fsp3) is 0.500. The van der Waals surface area contributed by atoms with Crippen LogP contribution in [0, 0.1) is 5.92 Å². The number of nitrogens with one attached hydrogen (secondary N) is 1. The fourth-order valence-corrected chi connectivity index (χ4v) is 3.75. The molecule has 4 nitrogen and oxygen atoms in total. The van der Waals surface area contributed by atoms with Crippen molar-refractivity contribution in [1.82, 2.24) is 0 Å². The molecule has 94 valence electrons. The van der Waals surface area contributed by atoms with E-state index in [4.69, 9.17) is 5.73 Å². The molecule has 0 radical (unpaired) electrons. The van der Waals surface area contributed by atoms with Crippen LogP contribution < -0.4 is 16.0 Å². The third kappa shape index (κ3) is 1.35. The van der Waals surface area contributed by atoms with E-state index in [1.165, 1.54) is 19.3 Å². The van der Waals surface area contributed by atoms with Crippen molar-refractivity contribution in [2.45, 2.75) is 31.7 Å². The van der Waals surface area contributed by atoms with Crippen LogP contribution in [0.15, 0.2) is 12.1 Å². The van der Waals surface area contributed by atoms with Gasteiger partial charge < -0.3 is 16.0 Å². The summed E-state index contributed by atoms with van der Waals surface area (Å²) in [6.07, 6.45) is 4.42. The van der Waals surface area contributed by atoms with Gasteiger partial charge in [-0.1, -0.05) is 0 Å². The molecule has 3 aliphatic rings. The van der Waals surface area contributed by atoms with Gasteiger partial charge in [-0.15, -0.1) is 0 Å². The van der Waals surface area contributed by atoms with Gasteiger partial charge in [0.2, 0.25) is 5.91 Å². The minimum Gasteiger partial charge on any atom is -0.397 e. The number of benzene rings is 1. The summed E-state index contributed by atoms with van der Waals surface area (Å²) in [5.41, 5.74) is 10.1. The van der Waals surface area contributed by atoms with Crippen LogP contribution in [-0.4, -0.2) is 18.5 Å². The lowest BCUT2D eigenvalue weighted by Crippen LogP contribution is -2.32. The molecule has 0 aromatic heterocycles. The van der Waals surface area contributed by atoms with E-state index in [9.17, 15) is 4.79 Å². The molecule has 4 heteroatoms. The quantitative estimate of drug-likeness (QED) is 0.739. The van der Waals surface area contributed by atoms with E-state index in [1.54, 1.807) is 0 Å². The number of amides is 1. The number of hydrogen-bond donors (Lipinski definition) is 2. The van der Waals surface area contributed by atoms with Crippen molar-refractivity contribution in [3.05, 3.63) is 17.7 Å². The zero-order chi connectivity index (χ0) is 12.3. The van der Waals surface area contributed by atoms with E-state index in [0.717, 1.165) is 35.1 Å². The van der Waals surface area contributed by atoms with Crippen LogP contribution in [0.25, 0.3) is 0 Å². The van der Waals surface area contributed by atoms with E-state index < -0.39 is 0 Å². The number of nitrogen functional groups attached to an aromatic ring is 1. The van der Waals surface area contributed by atoms with E-state index >= 15 is 0 Å². The van der Waals surface area contributed by atoms with E-state index in [-0.39, 0.29) is 5.91 Å². The summed E-state index contributed by atoms with van der Waals surface area (Å²) in [6, 6.07) is 4.69. The van der Waals surface area contributed by atoms with E-state index in [2.05, 4.69) is 16.3 Å². The Morgan fingerprint density at radius 1 is 1.33 bits per heavy atom. The highest BCUT2D eigenvalue weighted by molar-refractivity contribution is 6.01. The smallest absolute Gasteiger partial charge is 0.228 e. The van der Waals surface area contributed by atoms with Gasteiger partial charge >= 0.3 is 0 Å². The Morgan fingerprint density at radius 3 is 2.94 bits per heavy atom. The molecule has 2 atom stereocenters. The molecule has 1 saturated carbocycles. The molecule has 1 aliphatic carbocycles. The average Bonchev–Trinajstić information content (AvgIpc) is 3.00. The van der Waals surface area contributed by atoms with Crippen LogP contribution in [0.5, 0.6) is 0 Å². The maximum atomic E-state index is 11.4. The molecule has 1 aromatic carbocycles. The summed E-state index contributed by atoms with van der Waals surface area (Å²) in [5.74, 6) is 0.918. The Hall–Kier alpha value is -1.71. The van der Waals surface area contributed by atoms with Crippen LogP contribution in [0.4, 0.5) is 17.1 Å². The third-order valence-corrected chi connectivity index (χ3v) is 4.60. The monoisotopic (exact) mass is 243 g/mol. The molecule has 2 heterocycles. The Balaban J connectivity index is 1.73. The van der Waals surface area contributed by atoms with Crippen molar-refractivity contribution < 1.29 is 4.79 Å². The van der Waals surface area contributed by atoms with Crippen LogP contribution >= 0.6 is 0 Å². The Kier molecular flexibility index (Phi) is 1.93. The molecule has 2 bridgehead atoms. The fourth-order valence-electron chi connectivity index (χ4n) is 3.75. The molecular weight excluding hydrogens is 226 g/mol. The number of piperidine rings is 1. The molecular formula is C14H17N3O. The van der Waals surface area contributed by atoms with Crippen LogP contribution in [-0.2, 0) is 11.2 Å². The lowest BCUT2D eigenvalue weighted by Gasteiger charge is -2.30. The summed E-state index contributed by atoms with van der Waals surface area (Å²) < 4.78 is 0. The standard InChI is InChI=1S/C14H17N3O/c15-11-4-9-5-14(18)16-12(9)6-13(11)17-7-8-1-2-10(17)3-8/h4,6,8,10H,1-3,5,7,15H2,(H,16,18). The first-order valence-corrected chi connectivity index (χ1v) is 6.69. The van der Waals surface area contributed by atoms with E-state index in [0.29, 0.717) is 12.5 Å². The van der Waals surface area contributed by atoms with Crippen LogP contribution in [0.2, 0.25) is 0 Å². The SMILES string of the molecule is Nc1cc2c(cc1N1CC3CCC1C3)NC(=O)C2. The zero-order valence-corrected chi connectivity index (χ0v) is 10.3. The second-order valence-corrected chi connectivity index (χ2v) is 5.78. The van der Waals surface area contributed by atoms with Crippen LogP contribution in [0.3, 0.4) is 0 Å². The molecule has 1 saturated heterocycles. The maximum absolute atomic E-state index is 11.4. The molecule has 2 aliphatic heterocycles. The topological polar surface area (TPSA) is 58.4 Å². The highest BCUT2D eigenvalue weighted by Gasteiger charge is 2.38. The minimum atomic E-state index is 0.0736. The van der Waals surface area contributed by atoms with Crippen molar-refractivity contribution in [3.8, 4) is 0 Å². The summed E-state index contributed by atoms with van der Waals surface area (Å²) in [5, 5.41) is 2.91. The van der Waals surface area contributed by atoms with Gasteiger partial charge in [-0.3, -0.25) is 4.79 Å². The predicted octanol–water partition coefficient (Wildman–Crippen LogP) is 1.75. The maximum Gasteiger partial charge on any atom is 0.228 e. The van der Waals surface area contributed by atoms with Gasteiger partial charge in [0.05, 0.1) is 17.8 Å². The second kappa shape index (κ2) is 3.40. The van der Waals surface area contributed by atoms with Gasteiger partial charge in [0, 0.05) is 18.3 Å². The Morgan fingerprint density at radius 2 is 2.22 bits per heavy atom. The minimum absolute atomic E-state index is 0.0736. The molecule has 4 rings (SSSR count). The summed E-state index contributed by atoms with van der Waals surface area (Å²) in [6.45, 7) is 1.13. The second-order valence-electron chi connectivity index (χ2n) is 5.78. The highest BCUT2D eigenvalue weighted by Crippen LogP contribution is 2.43. The predicted molar refractivity (Wildman–Crippen MR) is 71.7 cm³/mol. The largest absolute Gasteiger partial charge is 0.397 e. The molecule has 18 heavy (non-hydrogen) atoms. The first-order chi connectivity index (χ1) is 8.70. The molecule has 3 N–H and O–H groups in total. The molecule has 1 aromatic rings. The number of nitrogens with zero attached hydrogens (tertiary/aromatic N) is 1. The summed E-state index contributed by atoms with van der Waals surface area (Å²) in [4.78, 5) is 13.8. The van der Waals surface area contributed by atoms with Crippen molar-refractivity contribution in [1.29, 1.82) is 0 Å². The number of nitrogens with two attached hydrogens (primary N) is 1. The molecule has 0 spiro atoms. The lowest BCUT2D eigenvalue weighted by atomic mass is 10.1. The molecule has 1 amide bonds. The summed E-state index contributed by atoms with van der Waals surface area (Å²) >= 11 is 0. The first kappa shape index (κ1) is 10.2. The van der Waals surface area contributed by atoms with Gasteiger partial charge in [-0.2, -0.15) is 0 Å². The average molecular weight is 243 g/mol. The van der Waals surface area contributed by atoms with Crippen molar-refractivity contribution in [2.75, 3.05) is 22.5 Å². The van der Waals surface area contributed by atoms with Crippen LogP contribution in [0.1, 0.15) is 24.8 Å². The Bertz CT molecular complexity index is 540. The number of anilines is 3. The highest BCUT2D eigenvalue weighted by atomic mass is 16.1. The van der Waals surface area contributed by atoms with Crippen molar-refractivity contribution in [3.63, 3.8) is 0 Å². The van der Waals surface area contributed by atoms with Crippen molar-refractivity contribution >= 4 is 23.0 Å². The normalized spacial score (nSPS) is 28.7. The van der Waals surface area contributed by atoms with E-state index in [1.807, 2.05) is 6.07 Å². The Labute approximate surface area is 106 Å². The van der Waals surface area contributed by atoms with Crippen molar-refractivity contribution in [2.24, 2.45) is 5.92 Å². The number of hydrogen-bond acceptors (Lipinski definition) is 3. The number of carbonyl (C=O) groups is 1.